The SMILES string of the molecule is COc1cccc(/C=C/C(=O)C(C)CN(C)C)c1.Cl. The van der Waals surface area contributed by atoms with Crippen LogP contribution in [0.25, 0.3) is 6.08 Å². The van der Waals surface area contributed by atoms with Crippen molar-refractivity contribution >= 4 is 24.3 Å². The fourth-order valence-electron chi connectivity index (χ4n) is 1.73. The van der Waals surface area contributed by atoms with Crippen LogP contribution in [0.1, 0.15) is 12.5 Å². The number of methoxy groups -OCH3 is 1. The molecule has 0 aromatic heterocycles. The summed E-state index contributed by atoms with van der Waals surface area (Å²) in [6.07, 6.45) is 3.47. The van der Waals surface area contributed by atoms with Gasteiger partial charge in [-0.05, 0) is 37.9 Å². The van der Waals surface area contributed by atoms with Gasteiger partial charge in [0.1, 0.15) is 5.75 Å². The van der Waals surface area contributed by atoms with Crippen molar-refractivity contribution in [3.8, 4) is 5.75 Å². The summed E-state index contributed by atoms with van der Waals surface area (Å²) in [6, 6.07) is 7.64. The molecule has 0 radical (unpaired) electrons. The van der Waals surface area contributed by atoms with Crippen molar-refractivity contribution in [1.82, 2.24) is 4.90 Å². The van der Waals surface area contributed by atoms with Crippen LogP contribution in [0.15, 0.2) is 30.3 Å². The average molecular weight is 284 g/mol. The van der Waals surface area contributed by atoms with Crippen molar-refractivity contribution in [3.63, 3.8) is 0 Å². The molecule has 0 amide bonds. The summed E-state index contributed by atoms with van der Waals surface area (Å²) in [5, 5.41) is 0. The van der Waals surface area contributed by atoms with Gasteiger partial charge in [0.2, 0.25) is 0 Å². The molecule has 0 heterocycles. The van der Waals surface area contributed by atoms with Gasteiger partial charge >= 0.3 is 0 Å². The maximum absolute atomic E-state index is 11.9. The highest BCUT2D eigenvalue weighted by Gasteiger charge is 2.10. The molecule has 19 heavy (non-hydrogen) atoms. The zero-order valence-electron chi connectivity index (χ0n) is 11.9. The van der Waals surface area contributed by atoms with Gasteiger partial charge in [-0.25, -0.2) is 0 Å². The van der Waals surface area contributed by atoms with Crippen LogP contribution < -0.4 is 4.74 Å². The molecular weight excluding hydrogens is 262 g/mol. The molecule has 0 N–H and O–H groups in total. The predicted molar refractivity (Wildman–Crippen MR) is 82.0 cm³/mol. The fraction of sp³-hybridized carbons (Fsp3) is 0.400. The summed E-state index contributed by atoms with van der Waals surface area (Å²) in [5.74, 6) is 0.958. The van der Waals surface area contributed by atoms with E-state index in [4.69, 9.17) is 4.74 Å². The number of carbonyl (C=O) groups excluding carboxylic acids is 1. The van der Waals surface area contributed by atoms with Gasteiger partial charge in [-0.2, -0.15) is 0 Å². The maximum Gasteiger partial charge on any atom is 0.159 e. The maximum atomic E-state index is 11.9. The Bertz CT molecular complexity index is 430. The van der Waals surface area contributed by atoms with Crippen molar-refractivity contribution in [2.24, 2.45) is 5.92 Å². The van der Waals surface area contributed by atoms with Crippen LogP contribution in [0.5, 0.6) is 5.75 Å². The molecule has 3 nitrogen and oxygen atoms in total. The molecule has 0 saturated carbocycles. The Morgan fingerprint density at radius 1 is 1.42 bits per heavy atom. The van der Waals surface area contributed by atoms with Gasteiger partial charge in [-0.15, -0.1) is 12.4 Å². The van der Waals surface area contributed by atoms with Crippen molar-refractivity contribution in [2.75, 3.05) is 27.7 Å². The van der Waals surface area contributed by atoms with E-state index in [0.717, 1.165) is 17.9 Å². The number of hydrogen-bond acceptors (Lipinski definition) is 3. The van der Waals surface area contributed by atoms with Crippen molar-refractivity contribution in [3.05, 3.63) is 35.9 Å². The quantitative estimate of drug-likeness (QED) is 0.752. The number of nitrogens with zero attached hydrogens (tertiary/aromatic N) is 1. The zero-order chi connectivity index (χ0) is 13.5. The first-order chi connectivity index (χ1) is 8.52. The first-order valence-electron chi connectivity index (χ1n) is 6.03. The number of carbonyl (C=O) groups is 1. The van der Waals surface area contributed by atoms with Gasteiger partial charge in [-0.1, -0.05) is 25.1 Å². The lowest BCUT2D eigenvalue weighted by atomic mass is 10.0. The minimum Gasteiger partial charge on any atom is -0.497 e. The summed E-state index contributed by atoms with van der Waals surface area (Å²) < 4.78 is 5.14. The number of ketones is 1. The molecule has 1 rings (SSSR count). The second-order valence-electron chi connectivity index (χ2n) is 4.68. The Labute approximate surface area is 121 Å². The summed E-state index contributed by atoms with van der Waals surface area (Å²) in [4.78, 5) is 13.9. The molecule has 0 fully saturated rings. The smallest absolute Gasteiger partial charge is 0.159 e. The van der Waals surface area contributed by atoms with E-state index in [2.05, 4.69) is 0 Å². The lowest BCUT2D eigenvalue weighted by molar-refractivity contribution is -0.118. The second-order valence-corrected chi connectivity index (χ2v) is 4.68. The minimum absolute atomic E-state index is 0. The minimum atomic E-state index is 0. The number of allylic oxidation sites excluding steroid dienone is 1. The Hall–Kier alpha value is -1.32. The van der Waals surface area contributed by atoms with E-state index in [0.29, 0.717) is 0 Å². The lowest BCUT2D eigenvalue weighted by Gasteiger charge is -2.13. The Morgan fingerprint density at radius 2 is 2.11 bits per heavy atom. The summed E-state index contributed by atoms with van der Waals surface area (Å²) in [6.45, 7) is 2.71. The third kappa shape index (κ3) is 6.41. The molecular formula is C15H22ClNO2. The van der Waals surface area contributed by atoms with Crippen molar-refractivity contribution < 1.29 is 9.53 Å². The van der Waals surface area contributed by atoms with Crippen LogP contribution in [0.3, 0.4) is 0 Å². The summed E-state index contributed by atoms with van der Waals surface area (Å²) in [7, 11) is 5.57. The molecule has 0 bridgehead atoms. The fourth-order valence-corrected chi connectivity index (χ4v) is 1.73. The topological polar surface area (TPSA) is 29.5 Å². The molecule has 106 valence electrons. The number of halogens is 1. The largest absolute Gasteiger partial charge is 0.497 e. The van der Waals surface area contributed by atoms with Gasteiger partial charge in [-0.3, -0.25) is 4.79 Å². The predicted octanol–water partition coefficient (Wildman–Crippen LogP) is 2.90. The zero-order valence-corrected chi connectivity index (χ0v) is 12.7. The highest BCUT2D eigenvalue weighted by molar-refractivity contribution is 5.95. The highest BCUT2D eigenvalue weighted by Crippen LogP contribution is 2.14. The third-order valence-electron chi connectivity index (χ3n) is 2.66. The van der Waals surface area contributed by atoms with Crippen molar-refractivity contribution in [1.29, 1.82) is 0 Å². The molecule has 1 unspecified atom stereocenters. The standard InChI is InChI=1S/C15H21NO2.ClH/c1-12(11-16(2)3)15(17)9-8-13-6-5-7-14(10-13)18-4;/h5-10,12H,11H2,1-4H3;1H/b9-8+;. The van der Waals surface area contributed by atoms with Crippen LogP contribution in [0, 0.1) is 5.92 Å². The molecule has 0 aliphatic carbocycles. The number of benzene rings is 1. The van der Waals surface area contributed by atoms with Crippen LogP contribution in [0.2, 0.25) is 0 Å². The monoisotopic (exact) mass is 283 g/mol. The molecule has 1 aromatic carbocycles. The summed E-state index contributed by atoms with van der Waals surface area (Å²) >= 11 is 0. The number of hydrogen-bond donors (Lipinski definition) is 0. The number of rotatable bonds is 6. The van der Waals surface area contributed by atoms with E-state index in [1.54, 1.807) is 13.2 Å². The van der Waals surface area contributed by atoms with Crippen LogP contribution in [-0.4, -0.2) is 38.4 Å². The highest BCUT2D eigenvalue weighted by atomic mass is 35.5. The van der Waals surface area contributed by atoms with E-state index in [1.807, 2.05) is 56.3 Å². The third-order valence-corrected chi connectivity index (χ3v) is 2.66. The molecule has 4 heteroatoms. The van der Waals surface area contributed by atoms with Crippen LogP contribution in [0.4, 0.5) is 0 Å². The van der Waals surface area contributed by atoms with E-state index < -0.39 is 0 Å². The molecule has 1 aromatic rings. The normalized spacial score (nSPS) is 12.3. The molecule has 0 aliphatic heterocycles. The second kappa shape index (κ2) is 8.73. The Kier molecular flexibility index (Phi) is 8.12. The van der Waals surface area contributed by atoms with E-state index in [-0.39, 0.29) is 24.1 Å². The van der Waals surface area contributed by atoms with E-state index in [9.17, 15) is 4.79 Å². The van der Waals surface area contributed by atoms with Gasteiger partial charge in [0.25, 0.3) is 0 Å². The first kappa shape index (κ1) is 17.7. The molecule has 1 atom stereocenters. The Balaban J connectivity index is 0.00000324. The number of ether oxygens (including phenoxy) is 1. The van der Waals surface area contributed by atoms with Gasteiger partial charge in [0.05, 0.1) is 7.11 Å². The molecule has 0 spiro atoms. The van der Waals surface area contributed by atoms with E-state index in [1.165, 1.54) is 0 Å². The summed E-state index contributed by atoms with van der Waals surface area (Å²) in [5.41, 5.74) is 0.972. The molecule has 0 saturated heterocycles. The van der Waals surface area contributed by atoms with Crippen molar-refractivity contribution in [2.45, 2.75) is 6.92 Å². The molecule has 0 aliphatic rings. The lowest BCUT2D eigenvalue weighted by Crippen LogP contribution is -2.24. The van der Waals surface area contributed by atoms with Gasteiger partial charge < -0.3 is 9.64 Å². The van der Waals surface area contributed by atoms with Crippen LogP contribution >= 0.6 is 12.4 Å². The first-order valence-corrected chi connectivity index (χ1v) is 6.03. The average Bonchev–Trinajstić information content (AvgIpc) is 2.35. The van der Waals surface area contributed by atoms with E-state index >= 15 is 0 Å². The van der Waals surface area contributed by atoms with Gasteiger partial charge in [0, 0.05) is 12.5 Å². The van der Waals surface area contributed by atoms with Crippen LogP contribution in [-0.2, 0) is 4.79 Å². The Morgan fingerprint density at radius 3 is 2.68 bits per heavy atom. The van der Waals surface area contributed by atoms with Gasteiger partial charge in [0.15, 0.2) is 5.78 Å².